The molecule has 6 nitrogen and oxygen atoms in total. The lowest BCUT2D eigenvalue weighted by molar-refractivity contribution is 0.119. The number of urea groups is 1. The highest BCUT2D eigenvalue weighted by atomic mass is 19.1. The minimum absolute atomic E-state index is 0.0368. The predicted molar refractivity (Wildman–Crippen MR) is 115 cm³/mol. The minimum atomic E-state index is -0.382. The number of guanidine groups is 1. The zero-order valence-corrected chi connectivity index (χ0v) is 17.1. The number of nitrogens with zero attached hydrogens (tertiary/aromatic N) is 3. The van der Waals surface area contributed by atoms with Gasteiger partial charge in [0, 0.05) is 25.3 Å². The van der Waals surface area contributed by atoms with E-state index in [2.05, 4.69) is 29.1 Å². The molecule has 1 aliphatic heterocycles. The molecule has 0 bridgehead atoms. The molecule has 0 aliphatic carbocycles. The van der Waals surface area contributed by atoms with Gasteiger partial charge in [-0.2, -0.15) is 0 Å². The number of nitrogens with two attached hydrogens (primary N) is 1. The van der Waals surface area contributed by atoms with E-state index in [4.69, 9.17) is 5.73 Å². The fraction of sp³-hybridized carbons (Fsp3) is 0.364. The number of carbonyl (C=O) groups excluding carboxylic acids is 1. The van der Waals surface area contributed by atoms with E-state index in [0.717, 1.165) is 11.3 Å². The molecule has 1 aliphatic rings. The lowest BCUT2D eigenvalue weighted by atomic mass is 10.00. The summed E-state index contributed by atoms with van der Waals surface area (Å²) in [6.07, 6.45) is 0. The van der Waals surface area contributed by atoms with Gasteiger partial charge in [-0.15, -0.1) is 0 Å². The van der Waals surface area contributed by atoms with Gasteiger partial charge in [-0.1, -0.05) is 38.1 Å². The second-order valence-electron chi connectivity index (χ2n) is 7.65. The Hall–Kier alpha value is -3.09. The molecule has 0 saturated carbocycles. The summed E-state index contributed by atoms with van der Waals surface area (Å²) in [5.41, 5.74) is 8.70. The average molecular weight is 397 g/mol. The third-order valence-corrected chi connectivity index (χ3v) is 5.20. The van der Waals surface area contributed by atoms with Crippen LogP contribution < -0.4 is 11.1 Å². The highest BCUT2D eigenvalue weighted by molar-refractivity contribution is 5.89. The number of aryl methyl sites for hydroxylation is 1. The van der Waals surface area contributed by atoms with E-state index in [1.165, 1.54) is 12.1 Å². The third-order valence-electron chi connectivity index (χ3n) is 5.20. The number of piperazine rings is 1. The maximum Gasteiger partial charge on any atom is 0.321 e. The fourth-order valence-electron chi connectivity index (χ4n) is 3.49. The second kappa shape index (κ2) is 8.94. The number of nitrogens with one attached hydrogen (secondary N) is 1. The van der Waals surface area contributed by atoms with Crippen LogP contribution in [0.25, 0.3) is 0 Å². The van der Waals surface area contributed by atoms with E-state index in [1.54, 1.807) is 17.0 Å². The SMILES string of the molecule is Cc1ccccc1N=C(N)N1CCN(C(=O)Nc2cccc(F)c2)CC1C(C)C. The Morgan fingerprint density at radius 1 is 1.21 bits per heavy atom. The van der Waals surface area contributed by atoms with Crippen LogP contribution in [-0.2, 0) is 0 Å². The Bertz CT molecular complexity index is 898. The topological polar surface area (TPSA) is 74.0 Å². The zero-order chi connectivity index (χ0) is 21.0. The third kappa shape index (κ3) is 5.04. The van der Waals surface area contributed by atoms with E-state index in [1.807, 2.05) is 31.2 Å². The summed E-state index contributed by atoms with van der Waals surface area (Å²) in [4.78, 5) is 21.1. The molecule has 7 heteroatoms. The minimum Gasteiger partial charge on any atom is -0.369 e. The van der Waals surface area contributed by atoms with Gasteiger partial charge in [-0.3, -0.25) is 0 Å². The van der Waals surface area contributed by atoms with Crippen LogP contribution in [0.4, 0.5) is 20.6 Å². The summed E-state index contributed by atoms with van der Waals surface area (Å²) in [6, 6.07) is 13.5. The molecule has 3 N–H and O–H groups in total. The predicted octanol–water partition coefficient (Wildman–Crippen LogP) is 3.95. The van der Waals surface area contributed by atoms with Crippen molar-refractivity contribution >= 4 is 23.4 Å². The van der Waals surface area contributed by atoms with E-state index >= 15 is 0 Å². The molecular weight excluding hydrogens is 369 g/mol. The number of anilines is 1. The maximum atomic E-state index is 13.4. The van der Waals surface area contributed by atoms with Gasteiger partial charge in [-0.05, 0) is 42.7 Å². The summed E-state index contributed by atoms with van der Waals surface area (Å²) in [5.74, 6) is 0.349. The van der Waals surface area contributed by atoms with Crippen LogP contribution >= 0.6 is 0 Å². The highest BCUT2D eigenvalue weighted by Crippen LogP contribution is 2.22. The number of para-hydroxylation sites is 1. The van der Waals surface area contributed by atoms with Crippen molar-refractivity contribution in [2.24, 2.45) is 16.6 Å². The number of hydrogen-bond donors (Lipinski definition) is 2. The molecule has 2 aromatic rings. The van der Waals surface area contributed by atoms with Crippen molar-refractivity contribution in [2.45, 2.75) is 26.8 Å². The van der Waals surface area contributed by atoms with Crippen LogP contribution in [0.2, 0.25) is 0 Å². The van der Waals surface area contributed by atoms with Crippen molar-refractivity contribution in [3.8, 4) is 0 Å². The Balaban J connectivity index is 1.72. The van der Waals surface area contributed by atoms with E-state index in [9.17, 15) is 9.18 Å². The summed E-state index contributed by atoms with van der Waals surface area (Å²) in [6.45, 7) is 7.82. The van der Waals surface area contributed by atoms with Crippen molar-refractivity contribution in [2.75, 3.05) is 25.0 Å². The molecule has 1 atom stereocenters. The number of hydrogen-bond acceptors (Lipinski definition) is 2. The smallest absolute Gasteiger partial charge is 0.321 e. The molecule has 2 amide bonds. The Morgan fingerprint density at radius 2 is 1.97 bits per heavy atom. The number of benzene rings is 2. The molecule has 3 rings (SSSR count). The summed E-state index contributed by atoms with van der Waals surface area (Å²) >= 11 is 0. The standard InChI is InChI=1S/C22H28FN5O/c1-15(2)20-14-27(22(29)25-18-9-6-8-17(23)13-18)11-12-28(20)21(24)26-19-10-5-4-7-16(19)3/h4-10,13,15,20H,11-12,14H2,1-3H3,(H2,24,26)(H,25,29). The Morgan fingerprint density at radius 3 is 2.66 bits per heavy atom. The van der Waals surface area contributed by atoms with Crippen LogP contribution in [0, 0.1) is 18.7 Å². The van der Waals surface area contributed by atoms with Crippen molar-refractivity contribution in [3.05, 3.63) is 59.9 Å². The van der Waals surface area contributed by atoms with Gasteiger partial charge >= 0.3 is 6.03 Å². The molecule has 0 spiro atoms. The van der Waals surface area contributed by atoms with E-state index in [-0.39, 0.29) is 23.8 Å². The van der Waals surface area contributed by atoms with Gasteiger partial charge in [0.1, 0.15) is 5.82 Å². The lowest BCUT2D eigenvalue weighted by Crippen LogP contribution is -2.60. The number of amides is 2. The van der Waals surface area contributed by atoms with Gasteiger partial charge < -0.3 is 20.9 Å². The van der Waals surface area contributed by atoms with E-state index < -0.39 is 0 Å². The molecule has 154 valence electrons. The highest BCUT2D eigenvalue weighted by Gasteiger charge is 2.32. The van der Waals surface area contributed by atoms with Crippen LogP contribution in [0.5, 0.6) is 0 Å². The first kappa shape index (κ1) is 20.6. The van der Waals surface area contributed by atoms with Gasteiger partial charge in [0.25, 0.3) is 0 Å². The molecule has 29 heavy (non-hydrogen) atoms. The van der Waals surface area contributed by atoms with E-state index in [0.29, 0.717) is 31.3 Å². The average Bonchev–Trinajstić information content (AvgIpc) is 2.69. The molecule has 1 saturated heterocycles. The molecule has 1 unspecified atom stereocenters. The fourth-order valence-corrected chi connectivity index (χ4v) is 3.49. The first-order valence-corrected chi connectivity index (χ1v) is 9.83. The van der Waals surface area contributed by atoms with Crippen molar-refractivity contribution < 1.29 is 9.18 Å². The summed E-state index contributed by atoms with van der Waals surface area (Å²) in [7, 11) is 0. The lowest BCUT2D eigenvalue weighted by Gasteiger charge is -2.43. The van der Waals surface area contributed by atoms with Gasteiger partial charge in [0.05, 0.1) is 11.7 Å². The van der Waals surface area contributed by atoms with Crippen LogP contribution in [0.3, 0.4) is 0 Å². The van der Waals surface area contributed by atoms with Gasteiger partial charge in [-0.25, -0.2) is 14.2 Å². The Kier molecular flexibility index (Phi) is 6.36. The monoisotopic (exact) mass is 397 g/mol. The number of aliphatic imine (C=N–C) groups is 1. The number of halogens is 1. The van der Waals surface area contributed by atoms with Crippen LogP contribution in [-0.4, -0.2) is 47.5 Å². The quantitative estimate of drug-likeness (QED) is 0.608. The maximum absolute atomic E-state index is 13.4. The molecule has 1 fully saturated rings. The summed E-state index contributed by atoms with van der Waals surface area (Å²) < 4.78 is 13.4. The molecular formula is C22H28FN5O. The Labute approximate surface area is 171 Å². The molecule has 0 aromatic heterocycles. The molecule has 0 radical (unpaired) electrons. The zero-order valence-electron chi connectivity index (χ0n) is 17.1. The summed E-state index contributed by atoms with van der Waals surface area (Å²) in [5, 5.41) is 2.77. The first-order valence-electron chi connectivity index (χ1n) is 9.83. The second-order valence-corrected chi connectivity index (χ2v) is 7.65. The van der Waals surface area contributed by atoms with Crippen molar-refractivity contribution in [1.82, 2.24) is 9.80 Å². The first-order chi connectivity index (χ1) is 13.8. The normalized spacial score (nSPS) is 17.6. The molecule has 2 aromatic carbocycles. The van der Waals surface area contributed by atoms with Gasteiger partial charge in [0.2, 0.25) is 0 Å². The molecule has 1 heterocycles. The number of rotatable bonds is 3. The van der Waals surface area contributed by atoms with Gasteiger partial charge in [0.15, 0.2) is 5.96 Å². The van der Waals surface area contributed by atoms with Crippen LogP contribution in [0.15, 0.2) is 53.5 Å². The van der Waals surface area contributed by atoms with Crippen molar-refractivity contribution in [1.29, 1.82) is 0 Å². The van der Waals surface area contributed by atoms with Crippen molar-refractivity contribution in [3.63, 3.8) is 0 Å². The largest absolute Gasteiger partial charge is 0.369 e. The number of carbonyl (C=O) groups is 1. The van der Waals surface area contributed by atoms with Crippen LogP contribution in [0.1, 0.15) is 19.4 Å².